The highest BCUT2D eigenvalue weighted by Gasteiger charge is 2.42. The average molecular weight is 434 g/mol. The van der Waals surface area contributed by atoms with Crippen molar-refractivity contribution in [2.45, 2.75) is 43.5 Å². The van der Waals surface area contributed by atoms with Gasteiger partial charge in [-0.3, -0.25) is 4.79 Å². The van der Waals surface area contributed by atoms with Crippen LogP contribution in [0.5, 0.6) is 5.75 Å². The van der Waals surface area contributed by atoms with Gasteiger partial charge in [-0.15, -0.1) is 0 Å². The first-order chi connectivity index (χ1) is 14.8. The topological polar surface area (TPSA) is 61.8 Å². The number of methoxy groups -OCH3 is 1. The van der Waals surface area contributed by atoms with Crippen molar-refractivity contribution in [2.75, 3.05) is 25.1 Å². The van der Waals surface area contributed by atoms with Crippen LogP contribution < -0.4 is 15.0 Å². The van der Waals surface area contributed by atoms with E-state index in [1.165, 1.54) is 18.1 Å². The first-order valence-corrected chi connectivity index (χ1v) is 10.4. The fourth-order valence-electron chi connectivity index (χ4n) is 4.56. The van der Waals surface area contributed by atoms with E-state index in [0.717, 1.165) is 25.5 Å². The summed E-state index contributed by atoms with van der Waals surface area (Å²) in [4.78, 5) is 14.6. The minimum atomic E-state index is -4.56. The molecule has 5 nitrogen and oxygen atoms in total. The third-order valence-corrected chi connectivity index (χ3v) is 6.18. The Labute approximate surface area is 178 Å². The molecule has 1 fully saturated rings. The highest BCUT2D eigenvalue weighted by atomic mass is 19.4. The number of benzene rings is 2. The van der Waals surface area contributed by atoms with Gasteiger partial charge in [0.1, 0.15) is 11.9 Å². The SMILES string of the molecule is COc1ccc([C@@H]2Cc3c(cccc3C(F)(F)F)N(C[C@@H]3CCCN3)C(=O)[C@@H]2O)cc1. The second kappa shape index (κ2) is 8.51. The fraction of sp³-hybridized carbons (Fsp3) is 0.435. The highest BCUT2D eigenvalue weighted by molar-refractivity contribution is 5.99. The molecule has 1 amide bonds. The Bertz CT molecular complexity index is 940. The van der Waals surface area contributed by atoms with E-state index in [1.54, 1.807) is 30.3 Å². The zero-order valence-electron chi connectivity index (χ0n) is 17.2. The Morgan fingerprint density at radius 3 is 2.55 bits per heavy atom. The van der Waals surface area contributed by atoms with Crippen molar-refractivity contribution in [2.24, 2.45) is 0 Å². The Morgan fingerprint density at radius 1 is 1.19 bits per heavy atom. The number of hydrogen-bond acceptors (Lipinski definition) is 4. The van der Waals surface area contributed by atoms with Gasteiger partial charge in [0.25, 0.3) is 5.91 Å². The van der Waals surface area contributed by atoms with Crippen LogP contribution in [0.15, 0.2) is 42.5 Å². The van der Waals surface area contributed by atoms with Gasteiger partial charge in [0.05, 0.1) is 12.7 Å². The van der Waals surface area contributed by atoms with Crippen molar-refractivity contribution >= 4 is 11.6 Å². The normalized spacial score (nSPS) is 24.1. The van der Waals surface area contributed by atoms with Gasteiger partial charge in [0.2, 0.25) is 0 Å². The molecule has 2 aliphatic rings. The molecule has 4 rings (SSSR count). The maximum absolute atomic E-state index is 13.9. The number of hydrogen-bond donors (Lipinski definition) is 2. The number of aliphatic hydroxyl groups excluding tert-OH is 1. The van der Waals surface area contributed by atoms with E-state index in [4.69, 9.17) is 4.74 Å². The molecule has 8 heteroatoms. The van der Waals surface area contributed by atoms with Gasteiger partial charge in [-0.2, -0.15) is 13.2 Å². The predicted molar refractivity (Wildman–Crippen MR) is 110 cm³/mol. The first-order valence-electron chi connectivity index (χ1n) is 10.4. The Hall–Kier alpha value is -2.58. The number of fused-ring (bicyclic) bond motifs is 1. The second-order valence-electron chi connectivity index (χ2n) is 8.07. The van der Waals surface area contributed by atoms with E-state index in [9.17, 15) is 23.1 Å². The van der Waals surface area contributed by atoms with Crippen LogP contribution in [0.3, 0.4) is 0 Å². The number of amides is 1. The van der Waals surface area contributed by atoms with Crippen molar-refractivity contribution in [3.63, 3.8) is 0 Å². The van der Waals surface area contributed by atoms with Crippen LogP contribution in [0.4, 0.5) is 18.9 Å². The van der Waals surface area contributed by atoms with Gasteiger partial charge in [-0.25, -0.2) is 0 Å². The number of alkyl halides is 3. The van der Waals surface area contributed by atoms with Gasteiger partial charge < -0.3 is 20.1 Å². The standard InChI is InChI=1S/C23H25F3N2O3/c1-31-16-9-7-14(8-10-16)17-12-18-19(23(24,25)26)5-2-6-20(18)28(22(30)21(17)29)13-15-4-3-11-27-15/h2,5-10,15,17,21,27,29H,3-4,11-13H2,1H3/t15-,17-,21+/m0/s1. The summed E-state index contributed by atoms with van der Waals surface area (Å²) in [6.07, 6.45) is -4.34. The summed E-state index contributed by atoms with van der Waals surface area (Å²) in [5, 5.41) is 14.3. The Balaban J connectivity index is 1.81. The lowest BCUT2D eigenvalue weighted by atomic mass is 9.86. The van der Waals surface area contributed by atoms with Crippen LogP contribution in [0, 0.1) is 0 Å². The second-order valence-corrected chi connectivity index (χ2v) is 8.07. The summed E-state index contributed by atoms with van der Waals surface area (Å²) in [7, 11) is 1.51. The number of ether oxygens (including phenoxy) is 1. The molecule has 2 N–H and O–H groups in total. The molecule has 0 saturated carbocycles. The molecule has 1 saturated heterocycles. The first kappa shape index (κ1) is 21.6. The number of nitrogens with zero attached hydrogens (tertiary/aromatic N) is 1. The molecule has 0 radical (unpaired) electrons. The summed E-state index contributed by atoms with van der Waals surface area (Å²) in [5.41, 5.74) is 0.0857. The maximum atomic E-state index is 13.9. The minimum absolute atomic E-state index is 0.0175. The lowest BCUT2D eigenvalue weighted by Gasteiger charge is -2.28. The van der Waals surface area contributed by atoms with Crippen molar-refractivity contribution < 1.29 is 27.8 Å². The van der Waals surface area contributed by atoms with Crippen LogP contribution in [0.25, 0.3) is 0 Å². The van der Waals surface area contributed by atoms with E-state index >= 15 is 0 Å². The number of halogens is 3. The monoisotopic (exact) mass is 434 g/mol. The molecule has 2 aliphatic heterocycles. The van der Waals surface area contributed by atoms with Crippen LogP contribution in [-0.4, -0.2) is 43.4 Å². The summed E-state index contributed by atoms with van der Waals surface area (Å²) in [6.45, 7) is 1.03. The summed E-state index contributed by atoms with van der Waals surface area (Å²) in [6, 6.07) is 10.6. The number of nitrogens with one attached hydrogen (secondary N) is 1. The van der Waals surface area contributed by atoms with Crippen LogP contribution in [-0.2, 0) is 17.4 Å². The fourth-order valence-corrected chi connectivity index (χ4v) is 4.56. The average Bonchev–Trinajstić information content (AvgIpc) is 3.24. The molecule has 0 spiro atoms. The van der Waals surface area contributed by atoms with Gasteiger partial charge in [-0.1, -0.05) is 18.2 Å². The lowest BCUT2D eigenvalue weighted by Crippen LogP contribution is -2.46. The van der Waals surface area contributed by atoms with Gasteiger partial charge >= 0.3 is 6.18 Å². The zero-order valence-corrected chi connectivity index (χ0v) is 17.2. The Morgan fingerprint density at radius 2 is 1.94 bits per heavy atom. The van der Waals surface area contributed by atoms with E-state index < -0.39 is 29.7 Å². The molecular formula is C23H25F3N2O3. The number of carbonyl (C=O) groups is 1. The molecule has 2 aromatic rings. The molecule has 0 bridgehead atoms. The van der Waals surface area contributed by atoms with E-state index in [1.807, 2.05) is 0 Å². The van der Waals surface area contributed by atoms with Crippen LogP contribution in [0.1, 0.15) is 35.4 Å². The molecule has 31 heavy (non-hydrogen) atoms. The number of rotatable bonds is 4. The lowest BCUT2D eigenvalue weighted by molar-refractivity contribution is -0.138. The smallest absolute Gasteiger partial charge is 0.416 e. The predicted octanol–water partition coefficient (Wildman–Crippen LogP) is 3.50. The summed E-state index contributed by atoms with van der Waals surface area (Å²) >= 11 is 0. The van der Waals surface area contributed by atoms with Crippen molar-refractivity contribution in [1.29, 1.82) is 0 Å². The summed E-state index contributed by atoms with van der Waals surface area (Å²) in [5.74, 6) is -0.793. The quantitative estimate of drug-likeness (QED) is 0.773. The molecule has 2 aromatic carbocycles. The molecule has 0 aromatic heterocycles. The highest BCUT2D eigenvalue weighted by Crippen LogP contribution is 2.42. The molecule has 166 valence electrons. The van der Waals surface area contributed by atoms with Crippen molar-refractivity contribution in [3.05, 3.63) is 59.2 Å². The van der Waals surface area contributed by atoms with Crippen molar-refractivity contribution in [3.8, 4) is 5.75 Å². The van der Waals surface area contributed by atoms with Crippen LogP contribution in [0.2, 0.25) is 0 Å². The summed E-state index contributed by atoms with van der Waals surface area (Å²) < 4.78 is 46.8. The largest absolute Gasteiger partial charge is 0.497 e. The van der Waals surface area contributed by atoms with Gasteiger partial charge in [-0.05, 0) is 61.2 Å². The van der Waals surface area contributed by atoms with Crippen LogP contribution >= 0.6 is 0 Å². The van der Waals surface area contributed by atoms with E-state index in [-0.39, 0.29) is 30.3 Å². The third kappa shape index (κ3) is 4.27. The molecular weight excluding hydrogens is 409 g/mol. The zero-order chi connectivity index (χ0) is 22.2. The van der Waals surface area contributed by atoms with Crippen molar-refractivity contribution in [1.82, 2.24) is 5.32 Å². The number of carbonyl (C=O) groups excluding carboxylic acids is 1. The molecule has 3 atom stereocenters. The van der Waals surface area contributed by atoms with E-state index in [0.29, 0.717) is 11.3 Å². The molecule has 0 aliphatic carbocycles. The third-order valence-electron chi connectivity index (χ3n) is 6.18. The molecule has 0 unspecified atom stereocenters. The number of anilines is 1. The minimum Gasteiger partial charge on any atom is -0.497 e. The van der Waals surface area contributed by atoms with Gasteiger partial charge in [0, 0.05) is 24.2 Å². The van der Waals surface area contributed by atoms with Gasteiger partial charge in [0.15, 0.2) is 0 Å². The maximum Gasteiger partial charge on any atom is 0.416 e. The Kier molecular flexibility index (Phi) is 5.94. The van der Waals surface area contributed by atoms with E-state index in [2.05, 4.69) is 5.32 Å². The molecule has 2 heterocycles. The number of aliphatic hydroxyl groups is 1.